The summed E-state index contributed by atoms with van der Waals surface area (Å²) in [6.45, 7) is 1.01. The molecule has 0 fully saturated rings. The maximum absolute atomic E-state index is 12.7. The van der Waals surface area contributed by atoms with E-state index in [2.05, 4.69) is 15.5 Å². The van der Waals surface area contributed by atoms with Crippen LogP contribution in [0.25, 0.3) is 0 Å². The number of rotatable bonds is 2. The fourth-order valence-corrected chi connectivity index (χ4v) is 3.18. The van der Waals surface area contributed by atoms with E-state index in [4.69, 9.17) is 9.47 Å². The maximum Gasteiger partial charge on any atom is 0.344 e. The monoisotopic (exact) mass is 330 g/mol. The van der Waals surface area contributed by atoms with Gasteiger partial charge >= 0.3 is 5.69 Å². The molecule has 2 N–H and O–H groups in total. The second-order valence-electron chi connectivity index (χ2n) is 5.92. The summed E-state index contributed by atoms with van der Waals surface area (Å²) in [7, 11) is 0. The van der Waals surface area contributed by atoms with Gasteiger partial charge in [-0.1, -0.05) is 6.42 Å². The number of nitrogens with one attached hydrogen (secondary N) is 2. The number of aryl methyl sites for hydroxylation is 1. The Morgan fingerprint density at radius 2 is 2.08 bits per heavy atom. The van der Waals surface area contributed by atoms with E-state index >= 15 is 0 Å². The van der Waals surface area contributed by atoms with Gasteiger partial charge in [0, 0.05) is 18.2 Å². The van der Waals surface area contributed by atoms with Gasteiger partial charge in [0.2, 0.25) is 5.91 Å². The first-order chi connectivity index (χ1) is 11.7. The average molecular weight is 330 g/mol. The van der Waals surface area contributed by atoms with Crippen molar-refractivity contribution in [1.82, 2.24) is 14.8 Å². The van der Waals surface area contributed by atoms with Gasteiger partial charge in [-0.15, -0.1) is 0 Å². The number of carbonyl (C=O) groups excluding carboxylic acids is 1. The number of aromatic nitrogens is 3. The largest absolute Gasteiger partial charge is 0.486 e. The van der Waals surface area contributed by atoms with Gasteiger partial charge in [0.1, 0.15) is 25.1 Å². The van der Waals surface area contributed by atoms with Gasteiger partial charge in [-0.25, -0.2) is 9.89 Å². The summed E-state index contributed by atoms with van der Waals surface area (Å²) in [5.41, 5.74) is 0.279. The highest BCUT2D eigenvalue weighted by atomic mass is 16.6. The van der Waals surface area contributed by atoms with E-state index in [1.165, 1.54) is 4.57 Å². The molecule has 3 heterocycles. The lowest BCUT2D eigenvalue weighted by atomic mass is 10.1. The van der Waals surface area contributed by atoms with Crippen LogP contribution < -0.4 is 20.5 Å². The highest BCUT2D eigenvalue weighted by Crippen LogP contribution is 2.33. The summed E-state index contributed by atoms with van der Waals surface area (Å²) < 4.78 is 12.5. The number of ether oxygens (including phenoxy) is 2. The SMILES string of the molecule is O=C(Nc1ccc2c(c1)OCCO2)C1CCCCc2n[nH]c(=O)n21. The zero-order valence-corrected chi connectivity index (χ0v) is 13.1. The zero-order valence-electron chi connectivity index (χ0n) is 13.1. The molecule has 0 bridgehead atoms. The number of carbonyl (C=O) groups is 1. The van der Waals surface area contributed by atoms with Gasteiger partial charge in [0.25, 0.3) is 0 Å². The van der Waals surface area contributed by atoms with Crippen molar-refractivity contribution in [2.75, 3.05) is 18.5 Å². The van der Waals surface area contributed by atoms with Crippen molar-refractivity contribution in [3.05, 3.63) is 34.5 Å². The van der Waals surface area contributed by atoms with Crippen molar-refractivity contribution in [2.45, 2.75) is 31.7 Å². The molecule has 0 saturated carbocycles. The number of hydrogen-bond donors (Lipinski definition) is 2. The number of hydrogen-bond acceptors (Lipinski definition) is 5. The van der Waals surface area contributed by atoms with Crippen molar-refractivity contribution >= 4 is 11.6 Å². The number of H-pyrrole nitrogens is 1. The molecule has 1 unspecified atom stereocenters. The van der Waals surface area contributed by atoms with Crippen molar-refractivity contribution in [2.24, 2.45) is 0 Å². The van der Waals surface area contributed by atoms with Crippen LogP contribution in [0.2, 0.25) is 0 Å². The van der Waals surface area contributed by atoms with Crippen LogP contribution in [-0.4, -0.2) is 33.9 Å². The molecule has 0 radical (unpaired) electrons. The predicted molar refractivity (Wildman–Crippen MR) is 85.5 cm³/mol. The number of anilines is 1. The highest BCUT2D eigenvalue weighted by molar-refractivity contribution is 5.94. The molecule has 1 amide bonds. The molecular formula is C16H18N4O4. The molecular weight excluding hydrogens is 312 g/mol. The first-order valence-electron chi connectivity index (χ1n) is 8.08. The molecule has 1 atom stereocenters. The molecule has 24 heavy (non-hydrogen) atoms. The lowest BCUT2D eigenvalue weighted by Gasteiger charge is -2.20. The molecule has 2 aromatic rings. The lowest BCUT2D eigenvalue weighted by molar-refractivity contribution is -0.119. The lowest BCUT2D eigenvalue weighted by Crippen LogP contribution is -2.32. The van der Waals surface area contributed by atoms with Gasteiger partial charge in [-0.2, -0.15) is 5.10 Å². The molecule has 2 aliphatic heterocycles. The molecule has 8 nitrogen and oxygen atoms in total. The summed E-state index contributed by atoms with van der Waals surface area (Å²) in [6, 6.07) is 4.72. The van der Waals surface area contributed by atoms with E-state index in [1.807, 2.05) is 0 Å². The molecule has 126 valence electrons. The molecule has 8 heteroatoms. The second kappa shape index (κ2) is 6.03. The van der Waals surface area contributed by atoms with Crippen molar-refractivity contribution in [3.8, 4) is 11.5 Å². The van der Waals surface area contributed by atoms with Crippen molar-refractivity contribution in [3.63, 3.8) is 0 Å². The Morgan fingerprint density at radius 1 is 1.25 bits per heavy atom. The minimum Gasteiger partial charge on any atom is -0.486 e. The van der Waals surface area contributed by atoms with Crippen LogP contribution in [0.15, 0.2) is 23.0 Å². The van der Waals surface area contributed by atoms with Crippen molar-refractivity contribution < 1.29 is 14.3 Å². The molecule has 0 aliphatic carbocycles. The van der Waals surface area contributed by atoms with Crippen LogP contribution in [0.3, 0.4) is 0 Å². The number of benzene rings is 1. The number of amides is 1. The Morgan fingerprint density at radius 3 is 2.96 bits per heavy atom. The summed E-state index contributed by atoms with van der Waals surface area (Å²) in [6.07, 6.45) is 3.11. The molecule has 1 aromatic heterocycles. The van der Waals surface area contributed by atoms with E-state index in [0.717, 1.165) is 12.8 Å². The highest BCUT2D eigenvalue weighted by Gasteiger charge is 2.27. The fraction of sp³-hybridized carbons (Fsp3) is 0.438. The topological polar surface area (TPSA) is 98.2 Å². The Hall–Kier alpha value is -2.77. The van der Waals surface area contributed by atoms with E-state index in [9.17, 15) is 9.59 Å². The third-order valence-electron chi connectivity index (χ3n) is 4.33. The standard InChI is InChI=1S/C16H18N4O4/c21-15(11-3-1-2-4-14-18-19-16(22)20(11)14)17-10-5-6-12-13(9-10)24-8-7-23-12/h5-6,9,11H,1-4,7-8H2,(H,17,21)(H,19,22). The smallest absolute Gasteiger partial charge is 0.344 e. The summed E-state index contributed by atoms with van der Waals surface area (Å²) >= 11 is 0. The summed E-state index contributed by atoms with van der Waals surface area (Å²) in [5, 5.41) is 9.33. The minimum atomic E-state index is -0.554. The van der Waals surface area contributed by atoms with E-state index in [0.29, 0.717) is 49.1 Å². The van der Waals surface area contributed by atoms with Crippen LogP contribution in [0, 0.1) is 0 Å². The quantitative estimate of drug-likeness (QED) is 0.863. The normalized spacial score (nSPS) is 19.2. The molecule has 4 rings (SSSR count). The first-order valence-corrected chi connectivity index (χ1v) is 8.08. The molecule has 1 aromatic carbocycles. The minimum absolute atomic E-state index is 0.224. The van der Waals surface area contributed by atoms with Gasteiger partial charge in [-0.05, 0) is 25.0 Å². The molecule has 0 saturated heterocycles. The third-order valence-corrected chi connectivity index (χ3v) is 4.33. The predicted octanol–water partition coefficient (Wildman–Crippen LogP) is 1.25. The fourth-order valence-electron chi connectivity index (χ4n) is 3.18. The van der Waals surface area contributed by atoms with Crippen LogP contribution in [0.1, 0.15) is 31.1 Å². The Kier molecular flexibility index (Phi) is 3.72. The van der Waals surface area contributed by atoms with Crippen LogP contribution in [-0.2, 0) is 11.2 Å². The second-order valence-corrected chi connectivity index (χ2v) is 5.92. The number of aromatic amines is 1. The van der Waals surface area contributed by atoms with E-state index < -0.39 is 6.04 Å². The van der Waals surface area contributed by atoms with Crippen LogP contribution in [0.5, 0.6) is 11.5 Å². The van der Waals surface area contributed by atoms with Gasteiger partial charge in [-0.3, -0.25) is 9.36 Å². The van der Waals surface area contributed by atoms with Gasteiger partial charge in [0.15, 0.2) is 11.5 Å². The molecule has 0 spiro atoms. The summed E-state index contributed by atoms with van der Waals surface area (Å²) in [4.78, 5) is 24.7. The number of nitrogens with zero attached hydrogens (tertiary/aromatic N) is 2. The Balaban J connectivity index is 1.58. The Labute approximate surface area is 137 Å². The van der Waals surface area contributed by atoms with Gasteiger partial charge < -0.3 is 14.8 Å². The summed E-state index contributed by atoms with van der Waals surface area (Å²) in [5.74, 6) is 1.70. The van der Waals surface area contributed by atoms with Crippen LogP contribution in [0.4, 0.5) is 5.69 Å². The Bertz CT molecular complexity index is 826. The average Bonchev–Trinajstić information content (AvgIpc) is 2.83. The maximum atomic E-state index is 12.7. The first kappa shape index (κ1) is 14.8. The van der Waals surface area contributed by atoms with E-state index in [1.54, 1.807) is 18.2 Å². The third kappa shape index (κ3) is 2.64. The van der Waals surface area contributed by atoms with Crippen molar-refractivity contribution in [1.29, 1.82) is 0 Å². The molecule has 2 aliphatic rings. The van der Waals surface area contributed by atoms with Crippen LogP contribution >= 0.6 is 0 Å². The zero-order chi connectivity index (χ0) is 16.5. The van der Waals surface area contributed by atoms with E-state index in [-0.39, 0.29) is 11.6 Å². The van der Waals surface area contributed by atoms with Gasteiger partial charge in [0.05, 0.1) is 0 Å². The number of fused-ring (bicyclic) bond motifs is 2.